The molecule has 0 radical (unpaired) electrons. The quantitative estimate of drug-likeness (QED) is 0.266. The summed E-state index contributed by atoms with van der Waals surface area (Å²) in [5.41, 5.74) is -0.405. The third-order valence-electron chi connectivity index (χ3n) is 7.51. The van der Waals surface area contributed by atoms with E-state index >= 15 is 0 Å². The lowest BCUT2D eigenvalue weighted by molar-refractivity contribution is -0.141. The summed E-state index contributed by atoms with van der Waals surface area (Å²) >= 11 is 0. The highest BCUT2D eigenvalue weighted by Crippen LogP contribution is 2.52. The average molecular weight is 544 g/mol. The standard InChI is InChI=1S/C24H35FN3O8P/c1-15(2)35-20-5-4-16(25)12-18(20)28-10-8-27(9-11-28)7-3-6-24-14-19(29)21(36-37(32,33)34)13-17(24)22(30)26-23(24)31/h4-5,12,15,17,19,21,29H,3,6-11,13-14H2,1-2H3,(H,26,30,31)(H2,32,33,34). The first-order chi connectivity index (χ1) is 17.4. The van der Waals surface area contributed by atoms with Gasteiger partial charge in [-0.3, -0.25) is 24.3 Å². The van der Waals surface area contributed by atoms with Crippen molar-refractivity contribution in [3.8, 4) is 5.75 Å². The number of benzene rings is 1. The molecule has 0 aromatic heterocycles. The number of piperazine rings is 1. The minimum atomic E-state index is -4.86. The predicted molar refractivity (Wildman–Crippen MR) is 131 cm³/mol. The molecule has 4 rings (SSSR count). The smallest absolute Gasteiger partial charge is 0.469 e. The van der Waals surface area contributed by atoms with E-state index < -0.39 is 43.2 Å². The number of aliphatic hydroxyl groups is 1. The number of rotatable bonds is 9. The fourth-order valence-electron chi connectivity index (χ4n) is 5.80. The minimum Gasteiger partial charge on any atom is -0.489 e. The Morgan fingerprint density at radius 3 is 2.57 bits per heavy atom. The Morgan fingerprint density at radius 2 is 1.92 bits per heavy atom. The molecule has 2 aliphatic heterocycles. The molecular weight excluding hydrogens is 508 g/mol. The number of phosphoric ester groups is 1. The summed E-state index contributed by atoms with van der Waals surface area (Å²) in [6.45, 7) is 7.29. The molecule has 0 spiro atoms. The van der Waals surface area contributed by atoms with Crippen LogP contribution in [0.1, 0.15) is 39.5 Å². The number of halogens is 1. The number of nitrogens with zero attached hydrogens (tertiary/aromatic N) is 2. The van der Waals surface area contributed by atoms with E-state index in [0.717, 1.165) is 18.8 Å². The van der Waals surface area contributed by atoms with Crippen LogP contribution in [-0.4, -0.2) is 82.6 Å². The number of nitrogens with one attached hydrogen (secondary N) is 1. The Bertz CT molecular complexity index is 1060. The molecular formula is C24H35FN3O8P. The van der Waals surface area contributed by atoms with E-state index in [2.05, 4.69) is 15.1 Å². The monoisotopic (exact) mass is 543 g/mol. The van der Waals surface area contributed by atoms with Gasteiger partial charge in [-0.25, -0.2) is 8.96 Å². The molecule has 1 saturated carbocycles. The van der Waals surface area contributed by atoms with Crippen LogP contribution in [0, 0.1) is 17.2 Å². The number of carbonyl (C=O) groups excluding carboxylic acids is 2. The molecule has 2 heterocycles. The molecule has 0 bridgehead atoms. The molecule has 206 valence electrons. The largest absolute Gasteiger partial charge is 0.489 e. The van der Waals surface area contributed by atoms with Crippen LogP contribution < -0.4 is 15.0 Å². The second kappa shape index (κ2) is 11.0. The van der Waals surface area contributed by atoms with Crippen LogP contribution in [0.4, 0.5) is 10.1 Å². The number of hydrogen-bond acceptors (Lipinski definition) is 8. The van der Waals surface area contributed by atoms with Gasteiger partial charge in [-0.05, 0) is 58.2 Å². The second-order valence-electron chi connectivity index (χ2n) is 10.4. The van der Waals surface area contributed by atoms with Crippen LogP contribution in [0.3, 0.4) is 0 Å². The van der Waals surface area contributed by atoms with Gasteiger partial charge in [0.1, 0.15) is 11.6 Å². The molecule has 1 aromatic carbocycles. The molecule has 13 heteroatoms. The van der Waals surface area contributed by atoms with Crippen LogP contribution in [0.15, 0.2) is 18.2 Å². The summed E-state index contributed by atoms with van der Waals surface area (Å²) in [5, 5.41) is 12.9. The summed E-state index contributed by atoms with van der Waals surface area (Å²) in [6, 6.07) is 4.52. The lowest BCUT2D eigenvalue weighted by Crippen LogP contribution is -2.50. The van der Waals surface area contributed by atoms with Crippen LogP contribution >= 0.6 is 7.82 Å². The molecule has 4 unspecified atom stereocenters. The third kappa shape index (κ3) is 6.32. The zero-order valence-corrected chi connectivity index (χ0v) is 21.9. The lowest BCUT2D eigenvalue weighted by Gasteiger charge is -2.42. The van der Waals surface area contributed by atoms with Crippen molar-refractivity contribution in [1.29, 1.82) is 0 Å². The summed E-state index contributed by atoms with van der Waals surface area (Å²) in [4.78, 5) is 47.9. The van der Waals surface area contributed by atoms with Gasteiger partial charge in [0.25, 0.3) is 0 Å². The fourth-order valence-corrected chi connectivity index (χ4v) is 6.37. The third-order valence-corrected chi connectivity index (χ3v) is 8.06. The van der Waals surface area contributed by atoms with Crippen molar-refractivity contribution in [2.75, 3.05) is 37.6 Å². The fraction of sp³-hybridized carbons (Fsp3) is 0.667. The first-order valence-electron chi connectivity index (χ1n) is 12.6. The molecule has 3 aliphatic rings. The Morgan fingerprint density at radius 1 is 1.22 bits per heavy atom. The van der Waals surface area contributed by atoms with Crippen molar-refractivity contribution in [3.05, 3.63) is 24.0 Å². The number of fused-ring (bicyclic) bond motifs is 1. The van der Waals surface area contributed by atoms with Gasteiger partial charge < -0.3 is 24.5 Å². The van der Waals surface area contributed by atoms with Crippen molar-refractivity contribution in [2.24, 2.45) is 11.3 Å². The first kappa shape index (κ1) is 27.9. The molecule has 37 heavy (non-hydrogen) atoms. The maximum Gasteiger partial charge on any atom is 0.469 e. The minimum absolute atomic E-state index is 0.0368. The number of ether oxygens (including phenoxy) is 1. The maximum absolute atomic E-state index is 13.9. The SMILES string of the molecule is CC(C)Oc1ccc(F)cc1N1CCN(CCCC23CC(O)C(OP(=O)(O)O)CC2C(=O)NC3=O)CC1. The van der Waals surface area contributed by atoms with E-state index in [1.807, 2.05) is 13.8 Å². The Labute approximate surface area is 215 Å². The number of anilines is 1. The normalized spacial score (nSPS) is 28.9. The van der Waals surface area contributed by atoms with Crippen molar-refractivity contribution >= 4 is 25.3 Å². The van der Waals surface area contributed by atoms with Gasteiger partial charge in [0.05, 0.1) is 35.3 Å². The van der Waals surface area contributed by atoms with E-state index in [4.69, 9.17) is 19.0 Å². The molecule has 2 saturated heterocycles. The number of hydrogen-bond donors (Lipinski definition) is 4. The predicted octanol–water partition coefficient (Wildman–Crippen LogP) is 1.41. The van der Waals surface area contributed by atoms with Crippen LogP contribution in [0.2, 0.25) is 0 Å². The summed E-state index contributed by atoms with van der Waals surface area (Å²) < 4.78 is 35.8. The Hall–Kier alpha value is -2.08. The van der Waals surface area contributed by atoms with E-state index in [1.165, 1.54) is 12.1 Å². The Kier molecular flexibility index (Phi) is 8.27. The molecule has 1 aliphatic carbocycles. The van der Waals surface area contributed by atoms with Gasteiger partial charge in [0.15, 0.2) is 0 Å². The van der Waals surface area contributed by atoms with E-state index in [9.17, 15) is 23.7 Å². The number of amides is 2. The number of aliphatic hydroxyl groups excluding tert-OH is 1. The zero-order chi connectivity index (χ0) is 27.0. The maximum atomic E-state index is 13.9. The summed E-state index contributed by atoms with van der Waals surface area (Å²) in [5.74, 6) is -1.45. The molecule has 2 amide bonds. The second-order valence-corrected chi connectivity index (χ2v) is 11.6. The molecule has 4 N–H and O–H groups in total. The topological polar surface area (TPSA) is 149 Å². The molecule has 1 aromatic rings. The highest BCUT2D eigenvalue weighted by Gasteiger charge is 2.60. The van der Waals surface area contributed by atoms with Crippen LogP contribution in [0.25, 0.3) is 0 Å². The molecule has 11 nitrogen and oxygen atoms in total. The average Bonchev–Trinajstić information content (AvgIpc) is 3.03. The van der Waals surface area contributed by atoms with Gasteiger partial charge in [0, 0.05) is 32.2 Å². The number of phosphoric acid groups is 1. The van der Waals surface area contributed by atoms with Crippen molar-refractivity contribution in [1.82, 2.24) is 10.2 Å². The van der Waals surface area contributed by atoms with E-state index in [0.29, 0.717) is 38.2 Å². The van der Waals surface area contributed by atoms with Crippen LogP contribution in [0.5, 0.6) is 5.75 Å². The number of carbonyl (C=O) groups is 2. The van der Waals surface area contributed by atoms with Gasteiger partial charge in [-0.15, -0.1) is 0 Å². The Balaban J connectivity index is 1.34. The molecule has 3 fully saturated rings. The first-order valence-corrected chi connectivity index (χ1v) is 14.1. The van der Waals surface area contributed by atoms with E-state index in [1.54, 1.807) is 6.07 Å². The highest BCUT2D eigenvalue weighted by atomic mass is 31.2. The van der Waals surface area contributed by atoms with E-state index in [-0.39, 0.29) is 24.8 Å². The number of imide groups is 1. The van der Waals surface area contributed by atoms with Crippen molar-refractivity contribution < 1.29 is 42.7 Å². The summed E-state index contributed by atoms with van der Waals surface area (Å²) in [6.07, 6.45) is -1.84. The highest BCUT2D eigenvalue weighted by molar-refractivity contribution is 7.46. The lowest BCUT2D eigenvalue weighted by atomic mass is 9.63. The van der Waals surface area contributed by atoms with Gasteiger partial charge >= 0.3 is 7.82 Å². The van der Waals surface area contributed by atoms with Crippen molar-refractivity contribution in [2.45, 2.75) is 57.8 Å². The van der Waals surface area contributed by atoms with Gasteiger partial charge in [-0.2, -0.15) is 0 Å². The van der Waals surface area contributed by atoms with Crippen LogP contribution in [-0.2, 0) is 18.7 Å². The van der Waals surface area contributed by atoms with Gasteiger partial charge in [-0.1, -0.05) is 0 Å². The zero-order valence-electron chi connectivity index (χ0n) is 21.0. The van der Waals surface area contributed by atoms with Crippen molar-refractivity contribution in [3.63, 3.8) is 0 Å². The van der Waals surface area contributed by atoms with Gasteiger partial charge in [0.2, 0.25) is 11.8 Å². The molecule has 4 atom stereocenters. The summed E-state index contributed by atoms with van der Waals surface area (Å²) in [7, 11) is -4.86.